The maximum atomic E-state index is 11.4. The number of alkyl halides is 1. The molecule has 3 nitrogen and oxygen atoms in total. The zero-order valence-corrected chi connectivity index (χ0v) is 8.78. The van der Waals surface area contributed by atoms with Crippen LogP contribution < -0.4 is 0 Å². The molecule has 68 valence electrons. The number of halogens is 1. The van der Waals surface area contributed by atoms with Gasteiger partial charge in [0.1, 0.15) is 0 Å². The van der Waals surface area contributed by atoms with Crippen LogP contribution in [0.15, 0.2) is 0 Å². The van der Waals surface area contributed by atoms with Crippen molar-refractivity contribution in [1.29, 1.82) is 0 Å². The molecule has 1 saturated carbocycles. The van der Waals surface area contributed by atoms with E-state index in [0.717, 1.165) is 25.7 Å². The van der Waals surface area contributed by atoms with E-state index in [1.165, 1.54) is 0 Å². The molecule has 4 heteroatoms. The molecule has 0 aromatic heterocycles. The average Bonchev–Trinajstić information content (AvgIpc) is 2.53. The first-order valence-electron chi connectivity index (χ1n) is 4.03. The number of hydrogen-bond acceptors (Lipinski definition) is 2. The fraction of sp³-hybridized carbons (Fsp3) is 0.750. The topological polar surface area (TPSA) is 54.4 Å². The molecule has 0 heterocycles. The molecule has 0 saturated heterocycles. The van der Waals surface area contributed by atoms with Gasteiger partial charge >= 0.3 is 5.97 Å². The van der Waals surface area contributed by atoms with E-state index in [-0.39, 0.29) is 11.7 Å². The van der Waals surface area contributed by atoms with Gasteiger partial charge in [0.05, 0.1) is 0 Å². The second kappa shape index (κ2) is 4.20. The highest BCUT2D eigenvalue weighted by Gasteiger charge is 2.31. The minimum atomic E-state index is -1.01. The van der Waals surface area contributed by atoms with Gasteiger partial charge in [-0.1, -0.05) is 35.4 Å². The van der Waals surface area contributed by atoms with Gasteiger partial charge in [0.25, 0.3) is 0 Å². The lowest BCUT2D eigenvalue weighted by Crippen LogP contribution is -2.28. The Bertz CT molecular complexity index is 196. The molecule has 0 aromatic carbocycles. The molecular weight excluding hydrogens is 271 g/mol. The van der Waals surface area contributed by atoms with Gasteiger partial charge in [-0.3, -0.25) is 9.59 Å². The Morgan fingerprint density at radius 2 is 1.83 bits per heavy atom. The predicted octanol–water partition coefficient (Wildman–Crippen LogP) is 1.63. The predicted molar refractivity (Wildman–Crippen MR) is 52.4 cm³/mol. The maximum absolute atomic E-state index is 11.4. The van der Waals surface area contributed by atoms with Crippen molar-refractivity contribution in [2.75, 3.05) is 0 Å². The summed E-state index contributed by atoms with van der Waals surface area (Å²) in [6.07, 6.45) is 3.90. The molecule has 1 N–H and O–H groups in total. The lowest BCUT2D eigenvalue weighted by atomic mass is 10.0. The van der Waals surface area contributed by atoms with Gasteiger partial charge in [0.15, 0.2) is 9.71 Å². The van der Waals surface area contributed by atoms with Crippen LogP contribution in [0.4, 0.5) is 0 Å². The Balaban J connectivity index is 2.51. The number of aliphatic carboxylic acids is 1. The molecule has 1 rings (SSSR count). The van der Waals surface area contributed by atoms with Crippen LogP contribution in [0.3, 0.4) is 0 Å². The summed E-state index contributed by atoms with van der Waals surface area (Å²) in [5, 5.41) is 8.58. The molecule has 1 aliphatic carbocycles. The van der Waals surface area contributed by atoms with Crippen LogP contribution in [0.1, 0.15) is 25.7 Å². The van der Waals surface area contributed by atoms with Crippen molar-refractivity contribution in [3.8, 4) is 0 Å². The van der Waals surface area contributed by atoms with E-state index in [1.807, 2.05) is 0 Å². The highest BCUT2D eigenvalue weighted by atomic mass is 127. The summed E-state index contributed by atoms with van der Waals surface area (Å²) in [6.45, 7) is 0. The van der Waals surface area contributed by atoms with Crippen molar-refractivity contribution < 1.29 is 14.7 Å². The number of rotatable bonds is 3. The Kier molecular flexibility index (Phi) is 3.49. The summed E-state index contributed by atoms with van der Waals surface area (Å²) in [7, 11) is 0. The Hall–Kier alpha value is -0.130. The van der Waals surface area contributed by atoms with E-state index in [1.54, 1.807) is 22.6 Å². The van der Waals surface area contributed by atoms with Crippen molar-refractivity contribution in [3.63, 3.8) is 0 Å². The third-order valence-corrected chi connectivity index (χ3v) is 3.37. The molecule has 0 spiro atoms. The first-order valence-corrected chi connectivity index (χ1v) is 5.28. The number of carboxylic acids is 1. The number of ketones is 1. The van der Waals surface area contributed by atoms with Crippen LogP contribution in [-0.4, -0.2) is 20.8 Å². The van der Waals surface area contributed by atoms with Crippen LogP contribution in [0, 0.1) is 5.92 Å². The van der Waals surface area contributed by atoms with Crippen molar-refractivity contribution in [2.24, 2.45) is 5.92 Å². The van der Waals surface area contributed by atoms with Crippen LogP contribution in [0.25, 0.3) is 0 Å². The zero-order valence-electron chi connectivity index (χ0n) is 6.62. The second-order valence-electron chi connectivity index (χ2n) is 3.08. The second-order valence-corrected chi connectivity index (χ2v) is 4.33. The quantitative estimate of drug-likeness (QED) is 0.486. The van der Waals surface area contributed by atoms with Crippen molar-refractivity contribution in [3.05, 3.63) is 0 Å². The van der Waals surface area contributed by atoms with E-state index in [9.17, 15) is 9.59 Å². The molecule has 0 aromatic rings. The van der Waals surface area contributed by atoms with Crippen LogP contribution in [0.2, 0.25) is 0 Å². The first-order chi connectivity index (χ1) is 5.63. The summed E-state index contributed by atoms with van der Waals surface area (Å²) in [5.74, 6) is -1.09. The number of hydrogen-bond donors (Lipinski definition) is 1. The van der Waals surface area contributed by atoms with Gasteiger partial charge in [0, 0.05) is 5.92 Å². The molecule has 0 radical (unpaired) electrons. The highest BCUT2D eigenvalue weighted by molar-refractivity contribution is 14.1. The summed E-state index contributed by atoms with van der Waals surface area (Å²) in [5.41, 5.74) is 0. The van der Waals surface area contributed by atoms with Crippen molar-refractivity contribution in [2.45, 2.75) is 29.6 Å². The Morgan fingerprint density at radius 1 is 1.33 bits per heavy atom. The third kappa shape index (κ3) is 2.18. The summed E-state index contributed by atoms with van der Waals surface area (Å²) in [6, 6.07) is 0. The molecule has 0 bridgehead atoms. The number of carbonyl (C=O) groups excluding carboxylic acids is 1. The van der Waals surface area contributed by atoms with Crippen LogP contribution in [0.5, 0.6) is 0 Å². The lowest BCUT2D eigenvalue weighted by molar-refractivity contribution is -0.139. The monoisotopic (exact) mass is 282 g/mol. The summed E-state index contributed by atoms with van der Waals surface area (Å²) >= 11 is 1.70. The molecule has 1 aliphatic rings. The van der Waals surface area contributed by atoms with E-state index < -0.39 is 9.89 Å². The lowest BCUT2D eigenvalue weighted by Gasteiger charge is -2.09. The maximum Gasteiger partial charge on any atom is 0.324 e. The van der Waals surface area contributed by atoms with E-state index in [0.29, 0.717) is 0 Å². The van der Waals surface area contributed by atoms with E-state index >= 15 is 0 Å². The Labute approximate surface area is 84.7 Å². The SMILES string of the molecule is O=C(O)C(I)C(=O)C1CCCC1. The number of carboxylic acid groups (broad SMARTS) is 1. The zero-order chi connectivity index (χ0) is 9.14. The fourth-order valence-corrected chi connectivity index (χ4v) is 2.05. The summed E-state index contributed by atoms with van der Waals surface area (Å²) in [4.78, 5) is 21.9. The van der Waals surface area contributed by atoms with Gasteiger partial charge in [-0.15, -0.1) is 0 Å². The first kappa shape index (κ1) is 9.95. The summed E-state index contributed by atoms with van der Waals surface area (Å²) < 4.78 is -0.842. The molecular formula is C8H11IO3. The third-order valence-electron chi connectivity index (χ3n) is 2.22. The van der Waals surface area contributed by atoms with Crippen molar-refractivity contribution >= 4 is 34.3 Å². The molecule has 1 unspecified atom stereocenters. The molecule has 1 fully saturated rings. The van der Waals surface area contributed by atoms with Crippen molar-refractivity contribution in [1.82, 2.24) is 0 Å². The molecule has 0 amide bonds. The van der Waals surface area contributed by atoms with Gasteiger partial charge < -0.3 is 5.11 Å². The van der Waals surface area contributed by atoms with Crippen LogP contribution >= 0.6 is 22.6 Å². The van der Waals surface area contributed by atoms with E-state index in [2.05, 4.69) is 0 Å². The van der Waals surface area contributed by atoms with Gasteiger partial charge in [-0.05, 0) is 12.8 Å². The van der Waals surface area contributed by atoms with E-state index in [4.69, 9.17) is 5.11 Å². The average molecular weight is 282 g/mol. The van der Waals surface area contributed by atoms with Crippen LogP contribution in [-0.2, 0) is 9.59 Å². The highest BCUT2D eigenvalue weighted by Crippen LogP contribution is 2.28. The minimum Gasteiger partial charge on any atom is -0.480 e. The minimum absolute atomic E-state index is 0.0167. The Morgan fingerprint density at radius 3 is 2.25 bits per heavy atom. The van der Waals surface area contributed by atoms with Gasteiger partial charge in [0.2, 0.25) is 0 Å². The number of carbonyl (C=O) groups is 2. The number of Topliss-reactive ketones (excluding diaryl/α,β-unsaturated/α-hetero) is 1. The molecule has 0 aliphatic heterocycles. The van der Waals surface area contributed by atoms with Gasteiger partial charge in [-0.25, -0.2) is 0 Å². The normalized spacial score (nSPS) is 20.8. The largest absolute Gasteiger partial charge is 0.480 e. The molecule has 1 atom stereocenters. The van der Waals surface area contributed by atoms with Gasteiger partial charge in [-0.2, -0.15) is 0 Å². The smallest absolute Gasteiger partial charge is 0.324 e. The fourth-order valence-electron chi connectivity index (χ4n) is 1.54. The molecule has 12 heavy (non-hydrogen) atoms. The standard InChI is InChI=1S/C8H11IO3/c9-6(8(11)12)7(10)5-3-1-2-4-5/h5-6H,1-4H2,(H,11,12).